The van der Waals surface area contributed by atoms with Gasteiger partial charge in [-0.2, -0.15) is 8.78 Å². The second kappa shape index (κ2) is 7.51. The maximum absolute atomic E-state index is 13.7. The summed E-state index contributed by atoms with van der Waals surface area (Å²) in [4.78, 5) is 34.1. The number of aromatic nitrogens is 1. The molecule has 0 atom stereocenters. The highest BCUT2D eigenvalue weighted by Gasteiger charge is 2.29. The molecule has 0 bridgehead atoms. The van der Waals surface area contributed by atoms with Crippen molar-refractivity contribution in [3.63, 3.8) is 0 Å². The summed E-state index contributed by atoms with van der Waals surface area (Å²) in [6, 6.07) is 5.26. The molecule has 3 aromatic rings. The Hall–Kier alpha value is -2.88. The van der Waals surface area contributed by atoms with E-state index in [2.05, 4.69) is 9.72 Å². The van der Waals surface area contributed by atoms with E-state index < -0.39 is 60.1 Å². The summed E-state index contributed by atoms with van der Waals surface area (Å²) in [6.45, 7) is 0. The van der Waals surface area contributed by atoms with Crippen LogP contribution in [0.15, 0.2) is 30.5 Å². The second-order valence-electron chi connectivity index (χ2n) is 5.86. The van der Waals surface area contributed by atoms with Gasteiger partial charge in [-0.15, -0.1) is 0 Å². The summed E-state index contributed by atoms with van der Waals surface area (Å²) in [7, 11) is -4.36. The Labute approximate surface area is 158 Å². The topological polar surface area (TPSA) is 96.7 Å². The summed E-state index contributed by atoms with van der Waals surface area (Å²) in [5.41, 5.74) is 0.139. The van der Waals surface area contributed by atoms with E-state index in [-0.39, 0.29) is 10.9 Å². The minimum Gasteiger partial charge on any atom is -0.416 e. The molecular weight excluding hydrogens is 424 g/mol. The van der Waals surface area contributed by atoms with Gasteiger partial charge in [0.1, 0.15) is 0 Å². The maximum atomic E-state index is 13.7. The number of halogens is 5. The molecular formula is C17H9F5NO5P. The van der Waals surface area contributed by atoms with Gasteiger partial charge in [0.15, 0.2) is 0 Å². The summed E-state index contributed by atoms with van der Waals surface area (Å²) in [6.07, 6.45) is 0.363. The lowest BCUT2D eigenvalue weighted by Crippen LogP contribution is -2.14. The predicted octanol–water partition coefficient (Wildman–Crippen LogP) is 3.83. The van der Waals surface area contributed by atoms with Crippen LogP contribution in [0, 0.1) is 29.1 Å². The quantitative estimate of drug-likeness (QED) is 0.162. The first-order valence-corrected chi connectivity index (χ1v) is 9.44. The second-order valence-corrected chi connectivity index (χ2v) is 7.51. The smallest absolute Gasteiger partial charge is 0.345 e. The third-order valence-electron chi connectivity index (χ3n) is 3.73. The molecule has 12 heteroatoms. The van der Waals surface area contributed by atoms with Crippen molar-refractivity contribution < 1.29 is 45.8 Å². The number of carbonyl (C=O) groups excluding carboxylic acids is 1. The molecule has 0 radical (unpaired) electrons. The van der Waals surface area contributed by atoms with E-state index in [1.54, 1.807) is 0 Å². The van der Waals surface area contributed by atoms with E-state index >= 15 is 0 Å². The molecule has 1 aromatic heterocycles. The number of esters is 1. The minimum atomic E-state index is -4.36. The number of hydrogen-bond donors (Lipinski definition) is 2. The van der Waals surface area contributed by atoms with Crippen molar-refractivity contribution >= 4 is 24.5 Å². The van der Waals surface area contributed by atoms with Crippen LogP contribution < -0.4 is 4.74 Å². The molecule has 0 aliphatic carbocycles. The Kier molecular flexibility index (Phi) is 5.40. The van der Waals surface area contributed by atoms with Crippen molar-refractivity contribution in [2.75, 3.05) is 0 Å². The molecule has 2 aromatic carbocycles. The van der Waals surface area contributed by atoms with E-state index in [1.165, 1.54) is 18.2 Å². The van der Waals surface area contributed by atoms with Crippen LogP contribution >= 0.6 is 7.60 Å². The lowest BCUT2D eigenvalue weighted by molar-refractivity contribution is 0.0715. The molecule has 0 fully saturated rings. The number of ether oxygens (including phenoxy) is 1. The minimum absolute atomic E-state index is 0.220. The molecule has 152 valence electrons. The summed E-state index contributed by atoms with van der Waals surface area (Å²) >= 11 is 0. The standard InChI is InChI=1S/C17H9F5NO5P/c18-11-12(19)14(21)16(15(22)13(11)20)28-17(24)9-4-8-3-7(6-29(25,26)27)1-2-10(8)23-5-9/h1-5H,6H2,(H2,25,26,27). The van der Waals surface area contributed by atoms with Crippen molar-refractivity contribution in [1.29, 1.82) is 0 Å². The van der Waals surface area contributed by atoms with E-state index in [0.29, 0.717) is 5.52 Å². The van der Waals surface area contributed by atoms with Crippen LogP contribution in [-0.4, -0.2) is 20.7 Å². The van der Waals surface area contributed by atoms with Crippen LogP contribution in [0.1, 0.15) is 15.9 Å². The number of hydrogen-bond acceptors (Lipinski definition) is 4. The lowest BCUT2D eigenvalue weighted by atomic mass is 10.1. The predicted molar refractivity (Wildman–Crippen MR) is 88.7 cm³/mol. The zero-order chi connectivity index (χ0) is 21.5. The van der Waals surface area contributed by atoms with Crippen molar-refractivity contribution in [2.45, 2.75) is 6.16 Å². The molecule has 0 amide bonds. The Bertz CT molecular complexity index is 1170. The zero-order valence-corrected chi connectivity index (χ0v) is 14.9. The molecule has 0 unspecified atom stereocenters. The van der Waals surface area contributed by atoms with Crippen LogP contribution in [0.3, 0.4) is 0 Å². The average molecular weight is 433 g/mol. The Morgan fingerprint density at radius 1 is 0.966 bits per heavy atom. The monoisotopic (exact) mass is 433 g/mol. The van der Waals surface area contributed by atoms with Crippen molar-refractivity contribution in [1.82, 2.24) is 4.98 Å². The molecule has 0 aliphatic heterocycles. The maximum Gasteiger partial charge on any atom is 0.345 e. The highest BCUT2D eigenvalue weighted by molar-refractivity contribution is 7.50. The normalized spacial score (nSPS) is 11.7. The van der Waals surface area contributed by atoms with Gasteiger partial charge in [-0.3, -0.25) is 9.55 Å². The fourth-order valence-electron chi connectivity index (χ4n) is 2.45. The van der Waals surface area contributed by atoms with Gasteiger partial charge in [0.05, 0.1) is 17.2 Å². The Morgan fingerprint density at radius 3 is 2.14 bits per heavy atom. The summed E-state index contributed by atoms with van der Waals surface area (Å²) in [5.74, 6) is -14.8. The number of nitrogens with zero attached hydrogens (tertiary/aromatic N) is 1. The van der Waals surface area contributed by atoms with Crippen LogP contribution in [0.2, 0.25) is 0 Å². The van der Waals surface area contributed by atoms with Crippen molar-refractivity contribution in [3.05, 3.63) is 70.7 Å². The average Bonchev–Trinajstić information content (AvgIpc) is 2.66. The molecule has 2 N–H and O–H groups in total. The van der Waals surface area contributed by atoms with Gasteiger partial charge in [0.25, 0.3) is 0 Å². The fourth-order valence-corrected chi connectivity index (χ4v) is 3.13. The first-order chi connectivity index (χ1) is 13.5. The molecule has 0 spiro atoms. The Balaban J connectivity index is 1.97. The highest BCUT2D eigenvalue weighted by Crippen LogP contribution is 2.39. The first kappa shape index (κ1) is 20.8. The number of pyridine rings is 1. The van der Waals surface area contributed by atoms with E-state index in [0.717, 1.165) is 12.3 Å². The molecule has 1 heterocycles. The van der Waals surface area contributed by atoms with Gasteiger partial charge >= 0.3 is 13.6 Å². The third kappa shape index (κ3) is 4.26. The Morgan fingerprint density at radius 2 is 1.55 bits per heavy atom. The van der Waals surface area contributed by atoms with Crippen LogP contribution in [-0.2, 0) is 10.7 Å². The van der Waals surface area contributed by atoms with Gasteiger partial charge < -0.3 is 14.5 Å². The molecule has 0 saturated heterocycles. The van der Waals surface area contributed by atoms with Crippen LogP contribution in [0.5, 0.6) is 5.75 Å². The molecule has 6 nitrogen and oxygen atoms in total. The van der Waals surface area contributed by atoms with Gasteiger partial charge in [-0.05, 0) is 23.8 Å². The number of fused-ring (bicyclic) bond motifs is 1. The molecule has 29 heavy (non-hydrogen) atoms. The van der Waals surface area contributed by atoms with Crippen LogP contribution in [0.25, 0.3) is 10.9 Å². The summed E-state index contributed by atoms with van der Waals surface area (Å²) in [5, 5.41) is 0.225. The highest BCUT2D eigenvalue weighted by atomic mass is 31.2. The van der Waals surface area contributed by atoms with Gasteiger partial charge in [0.2, 0.25) is 34.8 Å². The van der Waals surface area contributed by atoms with Gasteiger partial charge in [-0.1, -0.05) is 6.07 Å². The zero-order valence-electron chi connectivity index (χ0n) is 14.0. The fraction of sp³-hybridized carbons (Fsp3) is 0.0588. The SMILES string of the molecule is O=C(Oc1c(F)c(F)c(F)c(F)c1F)c1cnc2ccc(CP(=O)(O)O)cc2c1. The first-order valence-electron chi connectivity index (χ1n) is 7.65. The molecule has 3 rings (SSSR count). The van der Waals surface area contributed by atoms with E-state index in [1.807, 2.05) is 0 Å². The van der Waals surface area contributed by atoms with Gasteiger partial charge in [0, 0.05) is 11.6 Å². The summed E-state index contributed by atoms with van der Waals surface area (Å²) < 4.78 is 82.2. The number of carbonyl (C=O) groups is 1. The number of benzene rings is 2. The van der Waals surface area contributed by atoms with E-state index in [4.69, 9.17) is 9.79 Å². The molecule has 0 saturated carbocycles. The lowest BCUT2D eigenvalue weighted by Gasteiger charge is -2.09. The van der Waals surface area contributed by atoms with Crippen molar-refractivity contribution in [3.8, 4) is 5.75 Å². The largest absolute Gasteiger partial charge is 0.416 e. The van der Waals surface area contributed by atoms with Crippen molar-refractivity contribution in [2.24, 2.45) is 0 Å². The van der Waals surface area contributed by atoms with Gasteiger partial charge in [-0.25, -0.2) is 18.0 Å². The molecule has 0 aliphatic rings. The third-order valence-corrected chi connectivity index (χ3v) is 4.51. The number of rotatable bonds is 4. The van der Waals surface area contributed by atoms with Crippen LogP contribution in [0.4, 0.5) is 22.0 Å². The van der Waals surface area contributed by atoms with E-state index in [9.17, 15) is 31.3 Å².